The first-order chi connectivity index (χ1) is 10.4. The van der Waals surface area contributed by atoms with Crippen molar-refractivity contribution in [1.29, 1.82) is 0 Å². The van der Waals surface area contributed by atoms with Gasteiger partial charge < -0.3 is 16.4 Å². The summed E-state index contributed by atoms with van der Waals surface area (Å²) in [7, 11) is -3.36. The molecule has 1 amide bonds. The Balaban J connectivity index is 1.67. The van der Waals surface area contributed by atoms with Crippen LogP contribution in [0.4, 0.5) is 0 Å². The number of aliphatic imine (C=N–C) groups is 1. The van der Waals surface area contributed by atoms with E-state index < -0.39 is 16.1 Å². The number of hydrogen-bond acceptors (Lipinski definition) is 5. The van der Waals surface area contributed by atoms with Gasteiger partial charge in [0.05, 0.1) is 11.3 Å². The zero-order valence-corrected chi connectivity index (χ0v) is 13.5. The van der Waals surface area contributed by atoms with Crippen molar-refractivity contribution in [3.8, 4) is 0 Å². The van der Waals surface area contributed by atoms with Crippen molar-refractivity contribution in [1.82, 2.24) is 9.62 Å². The van der Waals surface area contributed by atoms with Crippen LogP contribution in [0.3, 0.4) is 0 Å². The smallest absolute Gasteiger partial charge is 0.239 e. The molecule has 2 rings (SSSR count). The summed E-state index contributed by atoms with van der Waals surface area (Å²) in [6, 6.07) is -0.516. The molecule has 0 aromatic rings. The van der Waals surface area contributed by atoms with Crippen LogP contribution in [0.5, 0.6) is 0 Å². The topological polar surface area (TPSA) is 131 Å². The molecule has 0 aromatic heterocycles. The van der Waals surface area contributed by atoms with Crippen molar-refractivity contribution >= 4 is 21.9 Å². The Morgan fingerprint density at radius 1 is 1.32 bits per heavy atom. The van der Waals surface area contributed by atoms with Crippen LogP contribution >= 0.6 is 0 Å². The highest BCUT2D eigenvalue weighted by atomic mass is 32.2. The van der Waals surface area contributed by atoms with Crippen LogP contribution in [0, 0.1) is 0 Å². The maximum Gasteiger partial charge on any atom is 0.239 e. The van der Waals surface area contributed by atoms with Gasteiger partial charge in [-0.25, -0.2) is 8.42 Å². The van der Waals surface area contributed by atoms with Crippen LogP contribution in [-0.4, -0.2) is 56.1 Å². The third kappa shape index (κ3) is 4.84. The van der Waals surface area contributed by atoms with E-state index in [2.05, 4.69) is 9.71 Å². The Bertz CT molecular complexity index is 524. The Kier molecular flexibility index (Phi) is 5.63. The van der Waals surface area contributed by atoms with Gasteiger partial charge in [0.2, 0.25) is 21.9 Å². The van der Waals surface area contributed by atoms with Crippen molar-refractivity contribution in [2.75, 3.05) is 19.6 Å². The van der Waals surface area contributed by atoms with Gasteiger partial charge >= 0.3 is 0 Å². The zero-order chi connectivity index (χ0) is 16.2. The largest absolute Gasteiger partial charge is 0.369 e. The molecule has 5 N–H and O–H groups in total. The minimum absolute atomic E-state index is 0.0103. The average molecular weight is 331 g/mol. The van der Waals surface area contributed by atoms with E-state index in [1.54, 1.807) is 4.90 Å². The van der Waals surface area contributed by atoms with Crippen LogP contribution in [0.15, 0.2) is 4.99 Å². The summed E-state index contributed by atoms with van der Waals surface area (Å²) >= 11 is 0. The molecular formula is C13H25N5O3S. The molecular weight excluding hydrogens is 306 g/mol. The second kappa shape index (κ2) is 7.28. The van der Waals surface area contributed by atoms with Gasteiger partial charge in [-0.3, -0.25) is 14.5 Å². The number of amides is 1. The third-order valence-electron chi connectivity index (χ3n) is 3.90. The molecule has 0 spiro atoms. The Hall–Kier alpha value is -1.35. The van der Waals surface area contributed by atoms with Crippen molar-refractivity contribution in [3.05, 3.63) is 0 Å². The molecule has 1 aliphatic heterocycles. The highest BCUT2D eigenvalue weighted by molar-refractivity contribution is 7.90. The van der Waals surface area contributed by atoms with Gasteiger partial charge in [-0.15, -0.1) is 0 Å². The zero-order valence-electron chi connectivity index (χ0n) is 12.7. The Labute approximate surface area is 131 Å². The lowest BCUT2D eigenvalue weighted by Gasteiger charge is -2.19. The van der Waals surface area contributed by atoms with Gasteiger partial charge in [0, 0.05) is 19.6 Å². The fourth-order valence-corrected chi connectivity index (χ4v) is 3.73. The highest BCUT2D eigenvalue weighted by Gasteiger charge is 2.36. The molecule has 8 nitrogen and oxygen atoms in total. The van der Waals surface area contributed by atoms with Crippen molar-refractivity contribution in [3.63, 3.8) is 0 Å². The number of sulfonamides is 1. The van der Waals surface area contributed by atoms with E-state index in [-0.39, 0.29) is 17.1 Å². The number of carbonyl (C=O) groups is 1. The number of guanidine groups is 1. The van der Waals surface area contributed by atoms with Gasteiger partial charge in [0.15, 0.2) is 0 Å². The molecule has 2 aliphatic rings. The number of nitrogens with one attached hydrogen (secondary N) is 1. The van der Waals surface area contributed by atoms with Gasteiger partial charge in [-0.2, -0.15) is 0 Å². The molecule has 1 aliphatic carbocycles. The number of nitrogens with zero attached hydrogens (tertiary/aromatic N) is 2. The summed E-state index contributed by atoms with van der Waals surface area (Å²) in [5.41, 5.74) is 11.4. The van der Waals surface area contributed by atoms with Gasteiger partial charge in [0.25, 0.3) is 0 Å². The van der Waals surface area contributed by atoms with E-state index in [4.69, 9.17) is 11.5 Å². The second-order valence-electron chi connectivity index (χ2n) is 5.89. The summed E-state index contributed by atoms with van der Waals surface area (Å²) < 4.78 is 25.5. The first kappa shape index (κ1) is 17.0. The molecule has 0 bridgehead atoms. The van der Waals surface area contributed by atoms with E-state index in [1.165, 1.54) is 0 Å². The lowest BCUT2D eigenvalue weighted by molar-refractivity contribution is -0.131. The normalized spacial score (nSPS) is 21.0. The Morgan fingerprint density at radius 3 is 2.55 bits per heavy atom. The molecule has 1 saturated heterocycles. The molecule has 9 heteroatoms. The monoisotopic (exact) mass is 331 g/mol. The Morgan fingerprint density at radius 2 is 1.95 bits per heavy atom. The summed E-state index contributed by atoms with van der Waals surface area (Å²) in [6.07, 6.45) is 4.54. The number of rotatable bonds is 7. The molecule has 0 aromatic carbocycles. The number of likely N-dealkylation sites (tertiary alicyclic amines) is 1. The van der Waals surface area contributed by atoms with Crippen LogP contribution in [0.1, 0.15) is 38.5 Å². The summed E-state index contributed by atoms with van der Waals surface area (Å²) in [4.78, 5) is 17.8. The van der Waals surface area contributed by atoms with E-state index >= 15 is 0 Å². The molecule has 0 unspecified atom stereocenters. The number of nitrogens with two attached hydrogens (primary N) is 2. The molecule has 2 fully saturated rings. The first-order valence-electron chi connectivity index (χ1n) is 7.76. The van der Waals surface area contributed by atoms with Crippen LogP contribution in [-0.2, 0) is 14.8 Å². The van der Waals surface area contributed by atoms with Crippen molar-refractivity contribution < 1.29 is 13.2 Å². The van der Waals surface area contributed by atoms with E-state index in [0.29, 0.717) is 32.2 Å². The standard InChI is InChI=1S/C13H25N5O3S/c14-11(12(19)18-8-1-2-9-18)4-3-7-16-13(15)17-22(20,21)10-5-6-10/h10-11H,1-9,14H2,(H3,15,16,17)/t11-/m0/s1. The molecule has 22 heavy (non-hydrogen) atoms. The van der Waals surface area contributed by atoms with E-state index in [1.807, 2.05) is 0 Å². The second-order valence-corrected chi connectivity index (χ2v) is 7.86. The minimum Gasteiger partial charge on any atom is -0.369 e. The van der Waals surface area contributed by atoms with Gasteiger partial charge in [-0.1, -0.05) is 0 Å². The van der Waals surface area contributed by atoms with Crippen LogP contribution < -0.4 is 16.2 Å². The minimum atomic E-state index is -3.36. The van der Waals surface area contributed by atoms with E-state index in [0.717, 1.165) is 25.9 Å². The fourth-order valence-electron chi connectivity index (χ4n) is 2.45. The third-order valence-corrected chi connectivity index (χ3v) is 5.74. The molecule has 1 heterocycles. The molecule has 1 saturated carbocycles. The quantitative estimate of drug-likeness (QED) is 0.316. The maximum atomic E-state index is 12.0. The average Bonchev–Trinajstić information content (AvgIpc) is 3.19. The SMILES string of the molecule is NC(=NCCC[C@H](N)C(=O)N1CCCC1)NS(=O)(=O)C1CC1. The summed E-state index contributed by atoms with van der Waals surface area (Å²) in [6.45, 7) is 1.93. The number of hydrogen-bond donors (Lipinski definition) is 3. The predicted octanol–water partition coefficient (Wildman–Crippen LogP) is -0.887. The summed E-state index contributed by atoms with van der Waals surface area (Å²) in [5.74, 6) is -0.102. The highest BCUT2D eigenvalue weighted by Crippen LogP contribution is 2.27. The predicted molar refractivity (Wildman–Crippen MR) is 84.6 cm³/mol. The fraction of sp³-hybridized carbons (Fsp3) is 0.846. The molecule has 1 atom stereocenters. The van der Waals surface area contributed by atoms with Crippen molar-refractivity contribution in [2.45, 2.75) is 49.8 Å². The van der Waals surface area contributed by atoms with Gasteiger partial charge in [-0.05, 0) is 38.5 Å². The lowest BCUT2D eigenvalue weighted by Crippen LogP contribution is -2.42. The molecule has 126 valence electrons. The van der Waals surface area contributed by atoms with Gasteiger partial charge in [0.1, 0.15) is 0 Å². The van der Waals surface area contributed by atoms with E-state index in [9.17, 15) is 13.2 Å². The summed E-state index contributed by atoms with van der Waals surface area (Å²) in [5, 5.41) is -0.326. The van der Waals surface area contributed by atoms with Crippen LogP contribution in [0.25, 0.3) is 0 Å². The van der Waals surface area contributed by atoms with Crippen LogP contribution in [0.2, 0.25) is 0 Å². The van der Waals surface area contributed by atoms with Crippen molar-refractivity contribution in [2.24, 2.45) is 16.5 Å². The number of carbonyl (C=O) groups excluding carboxylic acids is 1. The lowest BCUT2D eigenvalue weighted by atomic mass is 10.1. The molecule has 0 radical (unpaired) electrons. The first-order valence-corrected chi connectivity index (χ1v) is 9.30. The maximum absolute atomic E-state index is 12.0.